The van der Waals surface area contributed by atoms with Crippen molar-refractivity contribution in [2.24, 2.45) is 5.73 Å². The molecule has 0 aromatic heterocycles. The Hall–Kier alpha value is -3.22. The van der Waals surface area contributed by atoms with Gasteiger partial charge >= 0.3 is 0 Å². The summed E-state index contributed by atoms with van der Waals surface area (Å²) in [5.74, 6) is -1.08. The molecule has 0 atom stereocenters. The molecule has 3 rings (SSSR count). The third-order valence-corrected chi connectivity index (χ3v) is 4.19. The maximum Gasteiger partial charge on any atom is 0.289 e. The van der Waals surface area contributed by atoms with Crippen molar-refractivity contribution in [2.45, 2.75) is 25.8 Å². The fraction of sp³-hybridized carbons (Fsp3) is 0.222. The number of para-hydroxylation sites is 1. The van der Waals surface area contributed by atoms with Crippen LogP contribution in [-0.4, -0.2) is 22.8 Å². The zero-order valence-electron chi connectivity index (χ0n) is 13.6. The third kappa shape index (κ3) is 3.35. The van der Waals surface area contributed by atoms with Gasteiger partial charge in [-0.25, -0.2) is 0 Å². The third-order valence-electron chi connectivity index (χ3n) is 4.19. The van der Waals surface area contributed by atoms with Crippen molar-refractivity contribution in [1.29, 1.82) is 0 Å². The van der Waals surface area contributed by atoms with E-state index in [1.54, 1.807) is 37.3 Å². The minimum Gasteiger partial charge on any atom is -0.365 e. The van der Waals surface area contributed by atoms with Gasteiger partial charge in [0.25, 0.3) is 17.5 Å². The van der Waals surface area contributed by atoms with Gasteiger partial charge in [0.1, 0.15) is 5.56 Å². The molecule has 1 aliphatic rings. The molecular formula is C18H17N3O4. The number of hydrogen-bond acceptors (Lipinski definition) is 4. The van der Waals surface area contributed by atoms with Crippen LogP contribution in [0.5, 0.6) is 0 Å². The summed E-state index contributed by atoms with van der Waals surface area (Å²) in [4.78, 5) is 34.7. The molecule has 128 valence electrons. The summed E-state index contributed by atoms with van der Waals surface area (Å²) >= 11 is 0. The summed E-state index contributed by atoms with van der Waals surface area (Å²) in [6, 6.07) is 9.65. The van der Waals surface area contributed by atoms with Crippen molar-refractivity contribution in [3.8, 4) is 11.1 Å². The Morgan fingerprint density at radius 3 is 2.52 bits per heavy atom. The van der Waals surface area contributed by atoms with Crippen LogP contribution in [0.25, 0.3) is 11.1 Å². The molecule has 0 heterocycles. The lowest BCUT2D eigenvalue weighted by Crippen LogP contribution is -2.25. The van der Waals surface area contributed by atoms with E-state index in [1.807, 2.05) is 0 Å². The predicted octanol–water partition coefficient (Wildman–Crippen LogP) is 2.56. The van der Waals surface area contributed by atoms with Crippen molar-refractivity contribution in [3.05, 3.63) is 63.2 Å². The Morgan fingerprint density at radius 2 is 1.92 bits per heavy atom. The number of nitro groups is 1. The number of amides is 2. The molecule has 1 saturated carbocycles. The zero-order chi connectivity index (χ0) is 18.1. The molecule has 2 amide bonds. The Bertz CT molecular complexity index is 888. The summed E-state index contributed by atoms with van der Waals surface area (Å²) in [5.41, 5.74) is 6.73. The van der Waals surface area contributed by atoms with Crippen molar-refractivity contribution < 1.29 is 14.5 Å². The molecule has 1 fully saturated rings. The molecule has 0 spiro atoms. The van der Waals surface area contributed by atoms with Crippen LogP contribution >= 0.6 is 0 Å². The molecule has 0 radical (unpaired) electrons. The second kappa shape index (κ2) is 6.35. The molecule has 7 heteroatoms. The van der Waals surface area contributed by atoms with E-state index in [0.717, 1.165) is 18.4 Å². The Kier molecular flexibility index (Phi) is 4.22. The van der Waals surface area contributed by atoms with Crippen LogP contribution < -0.4 is 11.1 Å². The zero-order valence-corrected chi connectivity index (χ0v) is 13.6. The Balaban J connectivity index is 2.12. The van der Waals surface area contributed by atoms with E-state index >= 15 is 0 Å². The number of rotatable bonds is 5. The number of nitro benzene ring substituents is 1. The van der Waals surface area contributed by atoms with E-state index in [1.165, 1.54) is 6.07 Å². The van der Waals surface area contributed by atoms with Gasteiger partial charge in [-0.1, -0.05) is 12.1 Å². The van der Waals surface area contributed by atoms with Crippen molar-refractivity contribution in [2.75, 3.05) is 0 Å². The first-order valence-electron chi connectivity index (χ1n) is 7.87. The summed E-state index contributed by atoms with van der Waals surface area (Å²) in [7, 11) is 0. The first-order chi connectivity index (χ1) is 11.9. The highest BCUT2D eigenvalue weighted by Crippen LogP contribution is 2.35. The van der Waals surface area contributed by atoms with Crippen LogP contribution in [0.15, 0.2) is 36.4 Å². The molecular weight excluding hydrogens is 322 g/mol. The number of nitrogens with zero attached hydrogens (tertiary/aromatic N) is 1. The number of nitrogens with one attached hydrogen (secondary N) is 1. The van der Waals surface area contributed by atoms with E-state index in [2.05, 4.69) is 5.32 Å². The number of aryl methyl sites for hydroxylation is 1. The highest BCUT2D eigenvalue weighted by molar-refractivity contribution is 6.01. The molecule has 7 nitrogen and oxygen atoms in total. The first-order valence-corrected chi connectivity index (χ1v) is 7.87. The summed E-state index contributed by atoms with van der Waals surface area (Å²) < 4.78 is 0. The number of carbonyl (C=O) groups is 2. The molecule has 0 bridgehead atoms. The lowest BCUT2D eigenvalue weighted by Gasteiger charge is -2.11. The Labute approximate surface area is 144 Å². The molecule has 0 unspecified atom stereocenters. The Morgan fingerprint density at radius 1 is 1.20 bits per heavy atom. The van der Waals surface area contributed by atoms with Gasteiger partial charge in [-0.05, 0) is 55.2 Å². The standard InChI is InChI=1S/C18H17N3O4/c1-10-5-6-11(18(23)20-12-7-8-12)9-15(10)13-3-2-4-14(17(19)22)16(13)21(24)25/h2-6,9,12H,7-8H2,1H3,(H2,19,22)(H,20,23). The second-order valence-electron chi connectivity index (χ2n) is 6.10. The molecule has 2 aromatic rings. The van der Waals surface area contributed by atoms with Gasteiger partial charge in [-0.3, -0.25) is 19.7 Å². The van der Waals surface area contributed by atoms with Crippen LogP contribution in [0.1, 0.15) is 39.1 Å². The lowest BCUT2D eigenvalue weighted by molar-refractivity contribution is -0.384. The van der Waals surface area contributed by atoms with Crippen molar-refractivity contribution in [1.82, 2.24) is 5.32 Å². The van der Waals surface area contributed by atoms with Gasteiger partial charge in [0.15, 0.2) is 0 Å². The monoisotopic (exact) mass is 339 g/mol. The van der Waals surface area contributed by atoms with Crippen molar-refractivity contribution >= 4 is 17.5 Å². The average Bonchev–Trinajstić information content (AvgIpc) is 3.38. The highest BCUT2D eigenvalue weighted by atomic mass is 16.6. The predicted molar refractivity (Wildman–Crippen MR) is 92.3 cm³/mol. The van der Waals surface area contributed by atoms with E-state index in [0.29, 0.717) is 11.1 Å². The number of nitrogens with two attached hydrogens (primary N) is 1. The first kappa shape index (κ1) is 16.6. The minimum absolute atomic E-state index is 0.158. The minimum atomic E-state index is -0.867. The van der Waals surface area contributed by atoms with E-state index in [4.69, 9.17) is 5.73 Å². The topological polar surface area (TPSA) is 115 Å². The van der Waals surface area contributed by atoms with Crippen LogP contribution in [-0.2, 0) is 0 Å². The second-order valence-corrected chi connectivity index (χ2v) is 6.10. The number of carbonyl (C=O) groups excluding carboxylic acids is 2. The molecule has 0 saturated heterocycles. The van der Waals surface area contributed by atoms with Gasteiger partial charge in [-0.2, -0.15) is 0 Å². The van der Waals surface area contributed by atoms with Gasteiger partial charge in [0.2, 0.25) is 0 Å². The van der Waals surface area contributed by atoms with Gasteiger partial charge in [-0.15, -0.1) is 0 Å². The summed E-state index contributed by atoms with van der Waals surface area (Å²) in [5, 5.41) is 14.4. The van der Waals surface area contributed by atoms with E-state index in [9.17, 15) is 19.7 Å². The van der Waals surface area contributed by atoms with Gasteiger partial charge in [0.05, 0.1) is 10.5 Å². The largest absolute Gasteiger partial charge is 0.365 e. The van der Waals surface area contributed by atoms with E-state index in [-0.39, 0.29) is 28.8 Å². The van der Waals surface area contributed by atoms with Crippen LogP contribution in [0, 0.1) is 17.0 Å². The maximum atomic E-state index is 12.3. The van der Waals surface area contributed by atoms with Crippen LogP contribution in [0.3, 0.4) is 0 Å². The highest BCUT2D eigenvalue weighted by Gasteiger charge is 2.26. The van der Waals surface area contributed by atoms with Crippen LogP contribution in [0.4, 0.5) is 5.69 Å². The number of benzene rings is 2. The number of primary amides is 1. The van der Waals surface area contributed by atoms with E-state index < -0.39 is 10.8 Å². The molecule has 3 N–H and O–H groups in total. The number of hydrogen-bond donors (Lipinski definition) is 2. The molecule has 0 aliphatic heterocycles. The normalized spacial score (nSPS) is 13.3. The fourth-order valence-corrected chi connectivity index (χ4v) is 2.71. The van der Waals surface area contributed by atoms with Gasteiger partial charge < -0.3 is 11.1 Å². The van der Waals surface area contributed by atoms with Gasteiger partial charge in [0, 0.05) is 11.6 Å². The SMILES string of the molecule is Cc1ccc(C(=O)NC2CC2)cc1-c1cccc(C(N)=O)c1[N+](=O)[O-]. The summed E-state index contributed by atoms with van der Waals surface area (Å²) in [6.45, 7) is 1.79. The lowest BCUT2D eigenvalue weighted by atomic mass is 9.94. The molecule has 2 aromatic carbocycles. The molecule has 1 aliphatic carbocycles. The van der Waals surface area contributed by atoms with Crippen molar-refractivity contribution in [3.63, 3.8) is 0 Å². The van der Waals surface area contributed by atoms with Crippen LogP contribution in [0.2, 0.25) is 0 Å². The maximum absolute atomic E-state index is 12.3. The quantitative estimate of drug-likeness (QED) is 0.643. The molecule has 25 heavy (non-hydrogen) atoms. The summed E-state index contributed by atoms with van der Waals surface area (Å²) in [6.07, 6.45) is 1.94. The smallest absolute Gasteiger partial charge is 0.289 e. The average molecular weight is 339 g/mol. The fourth-order valence-electron chi connectivity index (χ4n) is 2.71.